The second-order valence-corrected chi connectivity index (χ2v) is 7.30. The van der Waals surface area contributed by atoms with Gasteiger partial charge in [0.2, 0.25) is 0 Å². The second kappa shape index (κ2) is 4.74. The maximum Gasteiger partial charge on any atom is 0.513 e. The van der Waals surface area contributed by atoms with Crippen molar-refractivity contribution in [2.24, 2.45) is 5.41 Å². The largest absolute Gasteiger partial charge is 0.513 e. The average Bonchev–Trinajstić information content (AvgIpc) is 3.11. The third-order valence-corrected chi connectivity index (χ3v) is 5.52. The van der Waals surface area contributed by atoms with Gasteiger partial charge in [-0.05, 0) is 30.0 Å². The van der Waals surface area contributed by atoms with Crippen LogP contribution in [0.2, 0.25) is 0 Å². The fourth-order valence-electron chi connectivity index (χ4n) is 4.75. The third-order valence-electron chi connectivity index (χ3n) is 5.52. The maximum atomic E-state index is 11.7. The Morgan fingerprint density at radius 1 is 1.30 bits per heavy atom. The van der Waals surface area contributed by atoms with Gasteiger partial charge in [0.25, 0.3) is 0 Å². The van der Waals surface area contributed by atoms with Crippen molar-refractivity contribution in [1.82, 2.24) is 5.32 Å². The van der Waals surface area contributed by atoms with Crippen LogP contribution in [0.1, 0.15) is 32.3 Å². The van der Waals surface area contributed by atoms with E-state index in [2.05, 4.69) is 42.7 Å². The van der Waals surface area contributed by atoms with Gasteiger partial charge in [-0.2, -0.15) is 0 Å². The monoisotopic (exact) mass is 314 g/mol. The number of para-hydroxylation sites is 1. The Bertz CT molecular complexity index is 710. The van der Waals surface area contributed by atoms with Crippen LogP contribution in [-0.4, -0.2) is 25.9 Å². The predicted molar refractivity (Wildman–Crippen MR) is 87.1 cm³/mol. The lowest BCUT2D eigenvalue weighted by atomic mass is 9.60. The van der Waals surface area contributed by atoms with Crippen LogP contribution in [0.4, 0.5) is 10.5 Å². The highest BCUT2D eigenvalue weighted by Crippen LogP contribution is 2.59. The van der Waals surface area contributed by atoms with Crippen molar-refractivity contribution in [2.45, 2.75) is 38.1 Å². The molecule has 1 aromatic carbocycles. The van der Waals surface area contributed by atoms with E-state index in [0.717, 1.165) is 24.4 Å². The van der Waals surface area contributed by atoms with Gasteiger partial charge in [0.05, 0.1) is 18.2 Å². The Hall–Kier alpha value is -2.01. The zero-order valence-corrected chi connectivity index (χ0v) is 13.7. The van der Waals surface area contributed by atoms with Crippen molar-refractivity contribution in [3.8, 4) is 0 Å². The van der Waals surface area contributed by atoms with Crippen LogP contribution >= 0.6 is 0 Å². The summed E-state index contributed by atoms with van der Waals surface area (Å²) in [5, 5.41) is 7.22. The first kappa shape index (κ1) is 14.6. The molecule has 1 saturated heterocycles. The Labute approximate surface area is 136 Å². The third kappa shape index (κ3) is 1.86. The van der Waals surface area contributed by atoms with Gasteiger partial charge in [0, 0.05) is 18.2 Å². The Morgan fingerprint density at radius 3 is 2.87 bits per heavy atom. The lowest BCUT2D eigenvalue weighted by Gasteiger charge is -2.47. The number of rotatable bonds is 1. The van der Waals surface area contributed by atoms with Crippen molar-refractivity contribution in [1.29, 1.82) is 0 Å². The van der Waals surface area contributed by atoms with Crippen molar-refractivity contribution in [3.63, 3.8) is 0 Å². The molecule has 2 aliphatic heterocycles. The fourth-order valence-corrected chi connectivity index (χ4v) is 4.75. The minimum atomic E-state index is -0.652. The van der Waals surface area contributed by atoms with E-state index in [4.69, 9.17) is 9.47 Å². The van der Waals surface area contributed by atoms with E-state index in [1.165, 1.54) is 12.7 Å². The molecule has 1 aromatic rings. The summed E-state index contributed by atoms with van der Waals surface area (Å²) in [6, 6.07) is 8.70. The highest BCUT2D eigenvalue weighted by Gasteiger charge is 2.60. The van der Waals surface area contributed by atoms with E-state index in [-0.39, 0.29) is 10.8 Å². The Morgan fingerprint density at radius 2 is 2.09 bits per heavy atom. The highest BCUT2D eigenvalue weighted by atomic mass is 16.7. The number of methoxy groups -OCH3 is 1. The molecule has 4 rings (SSSR count). The number of allylic oxidation sites excluding steroid dienone is 1. The molecule has 2 heterocycles. The lowest BCUT2D eigenvalue weighted by molar-refractivity contribution is 0.0752. The summed E-state index contributed by atoms with van der Waals surface area (Å²) in [6.45, 7) is 5.42. The van der Waals surface area contributed by atoms with Gasteiger partial charge in [-0.3, -0.25) is 0 Å². The van der Waals surface area contributed by atoms with Crippen LogP contribution in [0.15, 0.2) is 35.7 Å². The molecule has 122 valence electrons. The van der Waals surface area contributed by atoms with E-state index < -0.39 is 6.16 Å². The number of carbonyl (C=O) groups is 1. The summed E-state index contributed by atoms with van der Waals surface area (Å²) in [4.78, 5) is 11.7. The van der Waals surface area contributed by atoms with Crippen molar-refractivity contribution in [2.75, 3.05) is 19.0 Å². The normalized spacial score (nSPS) is 30.1. The van der Waals surface area contributed by atoms with Gasteiger partial charge in [-0.25, -0.2) is 4.79 Å². The van der Waals surface area contributed by atoms with Crippen LogP contribution in [0.5, 0.6) is 0 Å². The summed E-state index contributed by atoms with van der Waals surface area (Å²) in [5.74, 6) is 0.706. The number of carbonyl (C=O) groups excluding carboxylic acids is 1. The van der Waals surface area contributed by atoms with Crippen LogP contribution in [0.25, 0.3) is 0 Å². The van der Waals surface area contributed by atoms with Crippen molar-refractivity contribution < 1.29 is 14.3 Å². The first-order chi connectivity index (χ1) is 11.0. The minimum absolute atomic E-state index is 0.0253. The Balaban J connectivity index is 1.92. The van der Waals surface area contributed by atoms with Gasteiger partial charge in [-0.15, -0.1) is 0 Å². The van der Waals surface area contributed by atoms with Gasteiger partial charge in [-0.1, -0.05) is 32.0 Å². The first-order valence-corrected chi connectivity index (χ1v) is 8.08. The van der Waals surface area contributed by atoms with Crippen LogP contribution in [0, 0.1) is 5.41 Å². The summed E-state index contributed by atoms with van der Waals surface area (Å²) in [7, 11) is 1.34. The molecule has 0 saturated carbocycles. The van der Waals surface area contributed by atoms with E-state index in [1.54, 1.807) is 0 Å². The van der Waals surface area contributed by atoms with Crippen molar-refractivity contribution >= 4 is 11.8 Å². The molecule has 0 amide bonds. The molecule has 2 N–H and O–H groups in total. The molecule has 3 aliphatic rings. The SMILES string of the molecule is COC(=O)OC1=C2Nc3ccccc3C23CCNC3C(C)(C)C1. The van der Waals surface area contributed by atoms with Gasteiger partial charge < -0.3 is 20.1 Å². The number of anilines is 1. The summed E-state index contributed by atoms with van der Waals surface area (Å²) in [6.07, 6.45) is 1.03. The zero-order valence-electron chi connectivity index (χ0n) is 13.7. The molecule has 0 aromatic heterocycles. The molecule has 0 bridgehead atoms. The smallest absolute Gasteiger partial charge is 0.437 e. The lowest BCUT2D eigenvalue weighted by Crippen LogP contribution is -2.53. The summed E-state index contributed by atoms with van der Waals surface area (Å²) < 4.78 is 10.3. The molecule has 2 unspecified atom stereocenters. The maximum absolute atomic E-state index is 11.7. The molecule has 23 heavy (non-hydrogen) atoms. The zero-order chi connectivity index (χ0) is 16.2. The number of fused-ring (bicyclic) bond motifs is 1. The van der Waals surface area contributed by atoms with Crippen molar-refractivity contribution in [3.05, 3.63) is 41.3 Å². The van der Waals surface area contributed by atoms with E-state index in [0.29, 0.717) is 18.2 Å². The predicted octanol–water partition coefficient (Wildman–Crippen LogP) is 3.14. The van der Waals surface area contributed by atoms with Crippen LogP contribution < -0.4 is 10.6 Å². The first-order valence-electron chi connectivity index (χ1n) is 8.08. The molecular weight excluding hydrogens is 292 g/mol. The van der Waals surface area contributed by atoms with E-state index in [1.807, 2.05) is 6.07 Å². The molecule has 2 atom stereocenters. The average molecular weight is 314 g/mol. The van der Waals surface area contributed by atoms with E-state index >= 15 is 0 Å². The Kier molecular flexibility index (Phi) is 3.00. The molecule has 0 radical (unpaired) electrons. The molecule has 5 heteroatoms. The van der Waals surface area contributed by atoms with Crippen LogP contribution in [-0.2, 0) is 14.9 Å². The van der Waals surface area contributed by atoms with Gasteiger partial charge in [0.1, 0.15) is 5.76 Å². The number of hydrogen-bond donors (Lipinski definition) is 2. The molecular formula is C18H22N2O3. The molecule has 5 nitrogen and oxygen atoms in total. The fraction of sp³-hybridized carbons (Fsp3) is 0.500. The number of ether oxygens (including phenoxy) is 2. The molecule has 1 fully saturated rings. The van der Waals surface area contributed by atoms with E-state index in [9.17, 15) is 4.79 Å². The highest BCUT2D eigenvalue weighted by molar-refractivity contribution is 5.72. The molecule has 1 aliphatic carbocycles. The standard InChI is InChI=1S/C18H22N2O3/c1-17(2)10-13(23-16(21)22-3)14-18(8-9-19-15(17)18)11-6-4-5-7-12(11)20-14/h4-7,15,19-20H,8-10H2,1-3H3. The summed E-state index contributed by atoms with van der Waals surface area (Å²) in [5.41, 5.74) is 3.26. The number of hydrogen-bond acceptors (Lipinski definition) is 5. The number of benzene rings is 1. The minimum Gasteiger partial charge on any atom is -0.437 e. The molecule has 1 spiro atoms. The number of nitrogens with one attached hydrogen (secondary N) is 2. The van der Waals surface area contributed by atoms with Crippen LogP contribution in [0.3, 0.4) is 0 Å². The topological polar surface area (TPSA) is 59.6 Å². The quantitative estimate of drug-likeness (QED) is 0.780. The second-order valence-electron chi connectivity index (χ2n) is 7.30. The summed E-state index contributed by atoms with van der Waals surface area (Å²) >= 11 is 0. The van der Waals surface area contributed by atoms with Gasteiger partial charge in [0.15, 0.2) is 0 Å². The van der Waals surface area contributed by atoms with Gasteiger partial charge >= 0.3 is 6.16 Å².